The Labute approximate surface area is 99.5 Å². The molecule has 0 fully saturated rings. The molecule has 2 aromatic rings. The molecule has 1 unspecified atom stereocenters. The summed E-state index contributed by atoms with van der Waals surface area (Å²) in [6, 6.07) is 4.40. The molecule has 1 heterocycles. The Morgan fingerprint density at radius 2 is 2.06 bits per heavy atom. The molecular weight excluding hydrogens is 219 g/mol. The van der Waals surface area contributed by atoms with Crippen LogP contribution in [0.2, 0.25) is 0 Å². The fourth-order valence-electron chi connectivity index (χ4n) is 1.82. The second-order valence-corrected chi connectivity index (χ2v) is 4.16. The van der Waals surface area contributed by atoms with E-state index in [1.807, 2.05) is 18.4 Å². The van der Waals surface area contributed by atoms with Crippen LogP contribution in [-0.4, -0.2) is 14.7 Å². The van der Waals surface area contributed by atoms with Crippen LogP contribution in [0, 0.1) is 19.7 Å². The molecule has 0 aliphatic rings. The normalized spacial score (nSPS) is 12.8. The largest absolute Gasteiger partial charge is 0.389 e. The van der Waals surface area contributed by atoms with Gasteiger partial charge >= 0.3 is 0 Å². The summed E-state index contributed by atoms with van der Waals surface area (Å²) in [6.45, 7) is 5.48. The average Bonchev–Trinajstić information content (AvgIpc) is 2.60. The fraction of sp³-hybridized carbons (Fsp3) is 0.308. The summed E-state index contributed by atoms with van der Waals surface area (Å²) in [5, 5.41) is 9.69. The minimum atomic E-state index is -0.720. The Morgan fingerprint density at radius 3 is 2.59 bits per heavy atom. The molecule has 4 heteroatoms. The molecule has 17 heavy (non-hydrogen) atoms. The Kier molecular flexibility index (Phi) is 2.98. The molecule has 0 aliphatic carbocycles. The lowest BCUT2D eigenvalue weighted by Gasteiger charge is -2.14. The molecule has 90 valence electrons. The van der Waals surface area contributed by atoms with Crippen LogP contribution >= 0.6 is 0 Å². The highest BCUT2D eigenvalue weighted by Gasteiger charge is 2.13. The van der Waals surface area contributed by atoms with Crippen LogP contribution in [0.1, 0.15) is 30.0 Å². The van der Waals surface area contributed by atoms with Gasteiger partial charge in [-0.25, -0.2) is 9.37 Å². The van der Waals surface area contributed by atoms with Gasteiger partial charge in [-0.1, -0.05) is 0 Å². The predicted molar refractivity (Wildman–Crippen MR) is 63.6 cm³/mol. The van der Waals surface area contributed by atoms with Crippen molar-refractivity contribution in [3.63, 3.8) is 0 Å². The Bertz CT molecular complexity index is 546. The van der Waals surface area contributed by atoms with Crippen molar-refractivity contribution in [2.75, 3.05) is 0 Å². The lowest BCUT2D eigenvalue weighted by molar-refractivity contribution is 0.198. The van der Waals surface area contributed by atoms with Crippen molar-refractivity contribution in [1.82, 2.24) is 9.55 Å². The van der Waals surface area contributed by atoms with Crippen LogP contribution in [0.3, 0.4) is 0 Å². The van der Waals surface area contributed by atoms with Crippen molar-refractivity contribution in [2.45, 2.75) is 26.9 Å². The molecule has 1 aromatic carbocycles. The van der Waals surface area contributed by atoms with Crippen molar-refractivity contribution in [2.24, 2.45) is 0 Å². The first kappa shape index (κ1) is 11.8. The van der Waals surface area contributed by atoms with E-state index >= 15 is 0 Å². The quantitative estimate of drug-likeness (QED) is 0.867. The third-order valence-corrected chi connectivity index (χ3v) is 2.95. The van der Waals surface area contributed by atoms with Gasteiger partial charge in [0.2, 0.25) is 0 Å². The maximum absolute atomic E-state index is 13.2. The van der Waals surface area contributed by atoms with Gasteiger partial charge in [0, 0.05) is 11.3 Å². The lowest BCUT2D eigenvalue weighted by atomic mass is 10.1. The minimum Gasteiger partial charge on any atom is -0.389 e. The zero-order chi connectivity index (χ0) is 12.6. The molecule has 1 aromatic heterocycles. The number of aliphatic hydroxyl groups excluding tert-OH is 1. The standard InChI is InChI=1S/C13H15FN2O/c1-8-9(2)16(7-15-8)13-5-4-11(14)6-12(13)10(3)17/h4-7,10,17H,1-3H3. The van der Waals surface area contributed by atoms with Crippen molar-refractivity contribution in [3.8, 4) is 5.69 Å². The van der Waals surface area contributed by atoms with E-state index in [1.54, 1.807) is 19.3 Å². The summed E-state index contributed by atoms with van der Waals surface area (Å²) >= 11 is 0. The number of aromatic nitrogens is 2. The van der Waals surface area contributed by atoms with Crippen LogP contribution in [0.4, 0.5) is 4.39 Å². The molecule has 2 rings (SSSR count). The number of rotatable bonds is 2. The molecule has 1 atom stereocenters. The topological polar surface area (TPSA) is 38.0 Å². The molecular formula is C13H15FN2O. The van der Waals surface area contributed by atoms with Gasteiger partial charge in [-0.15, -0.1) is 0 Å². The molecule has 0 bridgehead atoms. The van der Waals surface area contributed by atoms with Gasteiger partial charge < -0.3 is 9.67 Å². The second-order valence-electron chi connectivity index (χ2n) is 4.16. The summed E-state index contributed by atoms with van der Waals surface area (Å²) < 4.78 is 15.1. The maximum Gasteiger partial charge on any atom is 0.123 e. The third-order valence-electron chi connectivity index (χ3n) is 2.95. The average molecular weight is 234 g/mol. The van der Waals surface area contributed by atoms with Crippen molar-refractivity contribution < 1.29 is 9.50 Å². The highest BCUT2D eigenvalue weighted by atomic mass is 19.1. The van der Waals surface area contributed by atoms with Crippen LogP contribution in [0.25, 0.3) is 5.69 Å². The molecule has 0 amide bonds. The van der Waals surface area contributed by atoms with E-state index in [0.717, 1.165) is 17.1 Å². The highest BCUT2D eigenvalue weighted by molar-refractivity contribution is 5.44. The highest BCUT2D eigenvalue weighted by Crippen LogP contribution is 2.24. The van der Waals surface area contributed by atoms with Gasteiger partial charge in [-0.05, 0) is 39.0 Å². The van der Waals surface area contributed by atoms with Gasteiger partial charge in [0.25, 0.3) is 0 Å². The first-order valence-electron chi connectivity index (χ1n) is 5.49. The molecule has 0 spiro atoms. The summed E-state index contributed by atoms with van der Waals surface area (Å²) in [4.78, 5) is 4.20. The van der Waals surface area contributed by atoms with Crippen LogP contribution in [0.5, 0.6) is 0 Å². The molecule has 1 N–H and O–H groups in total. The number of aliphatic hydroxyl groups is 1. The van der Waals surface area contributed by atoms with E-state index in [1.165, 1.54) is 12.1 Å². The SMILES string of the molecule is Cc1ncn(-c2ccc(F)cc2C(C)O)c1C. The van der Waals surface area contributed by atoms with Gasteiger partial charge in [-0.3, -0.25) is 0 Å². The number of imidazole rings is 1. The lowest BCUT2D eigenvalue weighted by Crippen LogP contribution is -2.04. The van der Waals surface area contributed by atoms with Crippen LogP contribution in [-0.2, 0) is 0 Å². The van der Waals surface area contributed by atoms with Crippen LogP contribution in [0.15, 0.2) is 24.5 Å². The molecule has 0 radical (unpaired) electrons. The maximum atomic E-state index is 13.2. The predicted octanol–water partition coefficient (Wildman–Crippen LogP) is 2.68. The van der Waals surface area contributed by atoms with E-state index in [2.05, 4.69) is 4.98 Å². The van der Waals surface area contributed by atoms with E-state index in [-0.39, 0.29) is 5.82 Å². The zero-order valence-corrected chi connectivity index (χ0v) is 10.1. The molecule has 0 aliphatic heterocycles. The van der Waals surface area contributed by atoms with Gasteiger partial charge in [0.1, 0.15) is 5.82 Å². The van der Waals surface area contributed by atoms with Crippen molar-refractivity contribution in [3.05, 3.63) is 47.3 Å². The Hall–Kier alpha value is -1.68. The molecule has 0 saturated carbocycles. The number of nitrogens with zero attached hydrogens (tertiary/aromatic N) is 2. The summed E-state index contributed by atoms with van der Waals surface area (Å²) in [5.74, 6) is -0.348. The Balaban J connectivity index is 2.63. The monoisotopic (exact) mass is 234 g/mol. The van der Waals surface area contributed by atoms with E-state index in [9.17, 15) is 9.50 Å². The molecule has 0 saturated heterocycles. The second kappa shape index (κ2) is 4.30. The third kappa shape index (κ3) is 2.08. The Morgan fingerprint density at radius 1 is 1.35 bits per heavy atom. The summed E-state index contributed by atoms with van der Waals surface area (Å²) in [5.41, 5.74) is 3.23. The number of hydrogen-bond acceptors (Lipinski definition) is 2. The summed E-state index contributed by atoms with van der Waals surface area (Å²) in [6.07, 6.45) is 0.965. The minimum absolute atomic E-state index is 0.348. The van der Waals surface area contributed by atoms with Gasteiger partial charge in [0.05, 0.1) is 23.8 Å². The van der Waals surface area contributed by atoms with Crippen molar-refractivity contribution in [1.29, 1.82) is 0 Å². The zero-order valence-electron chi connectivity index (χ0n) is 10.1. The van der Waals surface area contributed by atoms with Crippen molar-refractivity contribution >= 4 is 0 Å². The van der Waals surface area contributed by atoms with E-state index < -0.39 is 6.10 Å². The number of benzene rings is 1. The molecule has 3 nitrogen and oxygen atoms in total. The summed E-state index contributed by atoms with van der Waals surface area (Å²) in [7, 11) is 0. The number of hydrogen-bond donors (Lipinski definition) is 1. The number of halogens is 1. The first-order chi connectivity index (χ1) is 8.00. The van der Waals surface area contributed by atoms with Crippen LogP contribution < -0.4 is 0 Å². The van der Waals surface area contributed by atoms with E-state index in [0.29, 0.717) is 5.56 Å². The fourth-order valence-corrected chi connectivity index (χ4v) is 1.82. The van der Waals surface area contributed by atoms with E-state index in [4.69, 9.17) is 0 Å². The number of aryl methyl sites for hydroxylation is 1. The smallest absolute Gasteiger partial charge is 0.123 e. The van der Waals surface area contributed by atoms with Gasteiger partial charge in [0.15, 0.2) is 0 Å². The van der Waals surface area contributed by atoms with Gasteiger partial charge in [-0.2, -0.15) is 0 Å². The first-order valence-corrected chi connectivity index (χ1v) is 5.49.